The van der Waals surface area contributed by atoms with Gasteiger partial charge in [-0.2, -0.15) is 0 Å². The molecule has 1 aromatic rings. The summed E-state index contributed by atoms with van der Waals surface area (Å²) < 4.78 is 0. The van der Waals surface area contributed by atoms with E-state index in [1.165, 1.54) is 17.5 Å². The summed E-state index contributed by atoms with van der Waals surface area (Å²) in [6.45, 7) is 0. The van der Waals surface area contributed by atoms with Gasteiger partial charge in [0.1, 0.15) is 5.75 Å². The molecule has 2 aliphatic rings. The quantitative estimate of drug-likeness (QED) is 0.843. The molecule has 18 heavy (non-hydrogen) atoms. The highest BCUT2D eigenvalue weighted by Gasteiger charge is 2.48. The minimum Gasteiger partial charge on any atom is -0.508 e. The minimum absolute atomic E-state index is 0.0325. The Labute approximate surface area is 106 Å². The molecule has 2 N–H and O–H groups in total. The highest BCUT2D eigenvalue weighted by molar-refractivity contribution is 5.67. The van der Waals surface area contributed by atoms with Gasteiger partial charge in [0.05, 0.1) is 0 Å². The maximum absolute atomic E-state index is 11.0. The number of rotatable bonds is 2. The third kappa shape index (κ3) is 1.61. The van der Waals surface area contributed by atoms with E-state index in [9.17, 15) is 9.90 Å². The van der Waals surface area contributed by atoms with E-state index in [0.717, 1.165) is 25.7 Å². The Morgan fingerprint density at radius 1 is 1.39 bits per heavy atom. The van der Waals surface area contributed by atoms with Gasteiger partial charge < -0.3 is 10.2 Å². The molecule has 3 rings (SSSR count). The number of carboxylic acids is 1. The van der Waals surface area contributed by atoms with E-state index in [-0.39, 0.29) is 17.8 Å². The first-order valence-electron chi connectivity index (χ1n) is 6.66. The fraction of sp³-hybridized carbons (Fsp3) is 0.533. The van der Waals surface area contributed by atoms with Crippen molar-refractivity contribution in [3.05, 3.63) is 29.3 Å². The summed E-state index contributed by atoms with van der Waals surface area (Å²) >= 11 is 0. The number of carbonyl (C=O) groups is 1. The first-order chi connectivity index (χ1) is 8.62. The molecule has 0 bridgehead atoms. The molecule has 2 aliphatic carbocycles. The van der Waals surface area contributed by atoms with Crippen LogP contribution in [0.3, 0.4) is 0 Å². The summed E-state index contributed by atoms with van der Waals surface area (Å²) in [7, 11) is 0. The molecule has 0 aromatic heterocycles. The van der Waals surface area contributed by atoms with Crippen LogP contribution in [0.1, 0.15) is 43.2 Å². The van der Waals surface area contributed by atoms with Crippen molar-refractivity contribution in [2.45, 2.75) is 43.9 Å². The van der Waals surface area contributed by atoms with E-state index in [0.29, 0.717) is 5.75 Å². The number of phenols is 1. The van der Waals surface area contributed by atoms with Crippen LogP contribution < -0.4 is 0 Å². The average Bonchev–Trinajstić information content (AvgIpc) is 2.25. The number of aliphatic carboxylic acids is 1. The summed E-state index contributed by atoms with van der Waals surface area (Å²) in [6.07, 6.45) is 5.47. The molecule has 3 nitrogen and oxygen atoms in total. The van der Waals surface area contributed by atoms with Crippen molar-refractivity contribution >= 4 is 5.97 Å². The summed E-state index contributed by atoms with van der Waals surface area (Å²) in [6, 6.07) is 5.60. The van der Waals surface area contributed by atoms with Crippen LogP contribution in [0.15, 0.2) is 18.2 Å². The Bertz CT molecular complexity index is 489. The molecule has 1 atom stereocenters. The van der Waals surface area contributed by atoms with Gasteiger partial charge in [-0.05, 0) is 60.3 Å². The molecule has 0 radical (unpaired) electrons. The molecule has 0 saturated heterocycles. The number of carboxylic acid groups (broad SMARTS) is 1. The van der Waals surface area contributed by atoms with Gasteiger partial charge in [-0.3, -0.25) is 4.79 Å². The summed E-state index contributed by atoms with van der Waals surface area (Å²) in [4.78, 5) is 11.0. The SMILES string of the molecule is O=C(O)CC1CCc2ccc(O)cc2C12CCC2. The van der Waals surface area contributed by atoms with E-state index in [4.69, 9.17) is 5.11 Å². The fourth-order valence-corrected chi connectivity index (χ4v) is 3.82. The Balaban J connectivity index is 2.02. The maximum atomic E-state index is 11.0. The average molecular weight is 246 g/mol. The van der Waals surface area contributed by atoms with Crippen LogP contribution >= 0.6 is 0 Å². The highest BCUT2D eigenvalue weighted by Crippen LogP contribution is 2.55. The Morgan fingerprint density at radius 3 is 2.78 bits per heavy atom. The third-order valence-electron chi connectivity index (χ3n) is 4.84. The molecule has 1 aromatic carbocycles. The monoisotopic (exact) mass is 246 g/mol. The first-order valence-corrected chi connectivity index (χ1v) is 6.66. The lowest BCUT2D eigenvalue weighted by molar-refractivity contribution is -0.139. The van der Waals surface area contributed by atoms with Gasteiger partial charge in [0.25, 0.3) is 0 Å². The van der Waals surface area contributed by atoms with Crippen LogP contribution in [-0.4, -0.2) is 16.2 Å². The molecule has 0 amide bonds. The molecule has 0 aliphatic heterocycles. The molecule has 1 spiro atoms. The Morgan fingerprint density at radius 2 is 2.17 bits per heavy atom. The molecule has 1 unspecified atom stereocenters. The lowest BCUT2D eigenvalue weighted by Gasteiger charge is -2.51. The Kier molecular flexibility index (Phi) is 2.58. The van der Waals surface area contributed by atoms with Crippen molar-refractivity contribution in [1.29, 1.82) is 0 Å². The van der Waals surface area contributed by atoms with Crippen molar-refractivity contribution in [2.75, 3.05) is 0 Å². The van der Waals surface area contributed by atoms with Crippen molar-refractivity contribution in [2.24, 2.45) is 5.92 Å². The number of phenolic OH excluding ortho intramolecular Hbond substituents is 1. The van der Waals surface area contributed by atoms with Gasteiger partial charge in [-0.1, -0.05) is 12.5 Å². The van der Waals surface area contributed by atoms with E-state index in [1.807, 2.05) is 12.1 Å². The van der Waals surface area contributed by atoms with Crippen LogP contribution in [-0.2, 0) is 16.6 Å². The number of hydrogen-bond acceptors (Lipinski definition) is 2. The normalized spacial score (nSPS) is 24.3. The zero-order chi connectivity index (χ0) is 12.8. The van der Waals surface area contributed by atoms with Gasteiger partial charge in [0, 0.05) is 6.42 Å². The largest absolute Gasteiger partial charge is 0.508 e. The lowest BCUT2D eigenvalue weighted by Crippen LogP contribution is -2.46. The van der Waals surface area contributed by atoms with E-state index in [2.05, 4.69) is 0 Å². The standard InChI is InChI=1S/C15H18O3/c16-12-5-3-10-2-4-11(8-14(17)18)15(6-1-7-15)13(10)9-12/h3,5,9,11,16H,1-2,4,6-8H2,(H,17,18). The van der Waals surface area contributed by atoms with Crippen LogP contribution in [0.5, 0.6) is 5.75 Å². The number of aromatic hydroxyl groups is 1. The topological polar surface area (TPSA) is 57.5 Å². The summed E-state index contributed by atoms with van der Waals surface area (Å²) in [5, 5.41) is 18.8. The summed E-state index contributed by atoms with van der Waals surface area (Å²) in [5.74, 6) is -0.163. The molecule has 96 valence electrons. The van der Waals surface area contributed by atoms with E-state index < -0.39 is 5.97 Å². The van der Waals surface area contributed by atoms with Gasteiger partial charge in [-0.15, -0.1) is 0 Å². The van der Waals surface area contributed by atoms with Gasteiger partial charge in [0.15, 0.2) is 0 Å². The second-order valence-corrected chi connectivity index (χ2v) is 5.68. The van der Waals surface area contributed by atoms with Crippen LogP contribution in [0.25, 0.3) is 0 Å². The predicted molar refractivity (Wildman–Crippen MR) is 67.7 cm³/mol. The van der Waals surface area contributed by atoms with Gasteiger partial charge >= 0.3 is 5.97 Å². The summed E-state index contributed by atoms with van der Waals surface area (Å²) in [5.41, 5.74) is 2.55. The molecule has 1 saturated carbocycles. The third-order valence-corrected chi connectivity index (χ3v) is 4.84. The smallest absolute Gasteiger partial charge is 0.303 e. The molecular weight excluding hydrogens is 228 g/mol. The minimum atomic E-state index is -0.699. The van der Waals surface area contributed by atoms with E-state index >= 15 is 0 Å². The van der Waals surface area contributed by atoms with Crippen LogP contribution in [0, 0.1) is 5.92 Å². The Hall–Kier alpha value is -1.51. The highest BCUT2D eigenvalue weighted by atomic mass is 16.4. The zero-order valence-corrected chi connectivity index (χ0v) is 10.4. The van der Waals surface area contributed by atoms with Crippen LogP contribution in [0.4, 0.5) is 0 Å². The van der Waals surface area contributed by atoms with Crippen LogP contribution in [0.2, 0.25) is 0 Å². The second-order valence-electron chi connectivity index (χ2n) is 5.68. The second kappa shape index (κ2) is 4.01. The molecule has 3 heteroatoms. The number of benzene rings is 1. The number of fused-ring (bicyclic) bond motifs is 2. The van der Waals surface area contributed by atoms with Crippen molar-refractivity contribution < 1.29 is 15.0 Å². The van der Waals surface area contributed by atoms with Gasteiger partial charge in [-0.25, -0.2) is 0 Å². The zero-order valence-electron chi connectivity index (χ0n) is 10.4. The maximum Gasteiger partial charge on any atom is 0.303 e. The van der Waals surface area contributed by atoms with Crippen molar-refractivity contribution in [1.82, 2.24) is 0 Å². The first kappa shape index (κ1) is 11.6. The van der Waals surface area contributed by atoms with E-state index in [1.54, 1.807) is 6.07 Å². The van der Waals surface area contributed by atoms with Gasteiger partial charge in [0.2, 0.25) is 0 Å². The van der Waals surface area contributed by atoms with Crippen molar-refractivity contribution in [3.8, 4) is 5.75 Å². The molecular formula is C15H18O3. The predicted octanol–water partition coefficient (Wildman–Crippen LogP) is 2.85. The van der Waals surface area contributed by atoms with Crippen molar-refractivity contribution in [3.63, 3.8) is 0 Å². The number of hydrogen-bond donors (Lipinski definition) is 2. The lowest BCUT2D eigenvalue weighted by atomic mass is 9.52. The molecule has 1 fully saturated rings. The number of aryl methyl sites for hydroxylation is 1. The fourth-order valence-electron chi connectivity index (χ4n) is 3.82. The molecule has 0 heterocycles.